The third kappa shape index (κ3) is 5.54. The number of benzene rings is 1. The van der Waals surface area contributed by atoms with Crippen LogP contribution < -0.4 is 25.2 Å². The molecule has 1 aliphatic carbocycles. The molecule has 3 aliphatic rings. The Balaban J connectivity index is 1.43. The van der Waals surface area contributed by atoms with Gasteiger partial charge >= 0.3 is 0 Å². The highest BCUT2D eigenvalue weighted by molar-refractivity contribution is 6.04. The van der Waals surface area contributed by atoms with Crippen molar-refractivity contribution in [3.63, 3.8) is 0 Å². The Morgan fingerprint density at radius 3 is 2.62 bits per heavy atom. The summed E-state index contributed by atoms with van der Waals surface area (Å²) < 4.78 is 20.5. The van der Waals surface area contributed by atoms with Gasteiger partial charge in [-0.25, -0.2) is 9.37 Å². The van der Waals surface area contributed by atoms with Crippen LogP contribution in [0, 0.1) is 17.7 Å². The lowest BCUT2D eigenvalue weighted by Crippen LogP contribution is -2.58. The number of rotatable bonds is 8. The molecule has 1 aromatic heterocycles. The van der Waals surface area contributed by atoms with Crippen molar-refractivity contribution in [3.05, 3.63) is 29.7 Å². The zero-order chi connectivity index (χ0) is 28.4. The molecule has 2 amide bonds. The third-order valence-corrected chi connectivity index (χ3v) is 7.82. The molecule has 0 spiro atoms. The van der Waals surface area contributed by atoms with Crippen molar-refractivity contribution in [1.82, 2.24) is 20.2 Å². The Morgan fingerprint density at radius 1 is 1.23 bits per heavy atom. The maximum absolute atomic E-state index is 15.0. The van der Waals surface area contributed by atoms with Gasteiger partial charge in [-0.1, -0.05) is 12.8 Å². The molecule has 0 radical (unpaired) electrons. The normalized spacial score (nSPS) is 19.5. The maximum Gasteiger partial charge on any atom is 0.254 e. The molecule has 2 fully saturated rings. The predicted octanol–water partition coefficient (Wildman–Crippen LogP) is 3.31. The van der Waals surface area contributed by atoms with Crippen LogP contribution in [0.5, 0.6) is 5.75 Å². The van der Waals surface area contributed by atoms with E-state index < -0.39 is 11.7 Å². The quantitative estimate of drug-likeness (QED) is 0.484. The van der Waals surface area contributed by atoms with Gasteiger partial charge in [0.05, 0.1) is 31.1 Å². The summed E-state index contributed by atoms with van der Waals surface area (Å²) in [6.07, 6.45) is 5.84. The van der Waals surface area contributed by atoms with Gasteiger partial charge < -0.3 is 25.2 Å². The van der Waals surface area contributed by atoms with Crippen molar-refractivity contribution >= 4 is 35.0 Å². The largest absolute Gasteiger partial charge is 0.495 e. The molecule has 10 nitrogen and oxygen atoms in total. The summed E-state index contributed by atoms with van der Waals surface area (Å²) >= 11 is 0. The van der Waals surface area contributed by atoms with Gasteiger partial charge in [0, 0.05) is 38.3 Å². The molecule has 1 saturated carbocycles. The number of carbonyl (C=O) groups is 2. The lowest BCUT2D eigenvalue weighted by atomic mass is 9.97. The van der Waals surface area contributed by atoms with Crippen molar-refractivity contribution in [3.8, 4) is 17.6 Å². The average Bonchev–Trinajstić information content (AvgIpc) is 3.78. The summed E-state index contributed by atoms with van der Waals surface area (Å²) in [7, 11) is 3.20. The standard InChI is InChI=1S/C29H36FN7O3/c1-5-7-12-36-13-10-19(11-14-36)37-23(6-2)28(39)35(3)24-17-31-29(34-26(24)37)33-22-16-21(30)20(15-25(22)40-4)27(38)32-18-8-9-18/h15-19,23H,6,8-14H2,1-4H3,(H,32,38)(H,31,33,34)/t23-/m1/s1. The van der Waals surface area contributed by atoms with Crippen molar-refractivity contribution in [2.75, 3.05) is 48.9 Å². The highest BCUT2D eigenvalue weighted by Gasteiger charge is 2.41. The summed E-state index contributed by atoms with van der Waals surface area (Å²) in [5.74, 6) is 6.18. The van der Waals surface area contributed by atoms with Crippen LogP contribution in [0.1, 0.15) is 56.3 Å². The Bertz CT molecular complexity index is 1350. The fourth-order valence-corrected chi connectivity index (χ4v) is 5.41. The predicted molar refractivity (Wildman–Crippen MR) is 152 cm³/mol. The van der Waals surface area contributed by atoms with Crippen LogP contribution in [-0.2, 0) is 4.79 Å². The molecule has 11 heteroatoms. The topological polar surface area (TPSA) is 103 Å². The van der Waals surface area contributed by atoms with E-state index in [1.807, 2.05) is 13.8 Å². The monoisotopic (exact) mass is 549 g/mol. The second kappa shape index (κ2) is 11.7. The van der Waals surface area contributed by atoms with E-state index in [1.54, 1.807) is 18.1 Å². The Labute approximate surface area is 234 Å². The fraction of sp³-hybridized carbons (Fsp3) is 0.517. The number of aromatic nitrogens is 2. The number of anilines is 4. The van der Waals surface area contributed by atoms with Crippen LogP contribution in [0.15, 0.2) is 18.3 Å². The molecule has 2 N–H and O–H groups in total. The number of fused-ring (bicyclic) bond motifs is 1. The van der Waals surface area contributed by atoms with Crippen molar-refractivity contribution in [2.24, 2.45) is 0 Å². The third-order valence-electron chi connectivity index (χ3n) is 7.82. The van der Waals surface area contributed by atoms with Crippen LogP contribution in [0.4, 0.5) is 27.5 Å². The SMILES string of the molecule is CC#CCN1CCC(N2c3nc(Nc4cc(F)c(C(=O)NC5CC5)cc4OC)ncc3N(C)C(=O)[C@H]2CC)CC1. The minimum absolute atomic E-state index is 0.0161. The van der Waals surface area contributed by atoms with E-state index >= 15 is 4.39 Å². The van der Waals surface area contributed by atoms with Crippen LogP contribution in [0.3, 0.4) is 0 Å². The zero-order valence-electron chi connectivity index (χ0n) is 23.5. The molecule has 0 unspecified atom stereocenters. The van der Waals surface area contributed by atoms with Gasteiger partial charge in [-0.05, 0) is 45.1 Å². The summed E-state index contributed by atoms with van der Waals surface area (Å²) in [6, 6.07) is 2.50. The first-order valence-electron chi connectivity index (χ1n) is 13.8. The second-order valence-electron chi connectivity index (χ2n) is 10.5. The maximum atomic E-state index is 15.0. The smallest absolute Gasteiger partial charge is 0.254 e. The number of likely N-dealkylation sites (N-methyl/N-ethyl adjacent to an activating group) is 1. The Kier molecular flexibility index (Phi) is 8.07. The number of nitrogens with one attached hydrogen (secondary N) is 2. The number of likely N-dealkylation sites (tertiary alicyclic amines) is 1. The van der Waals surface area contributed by atoms with Gasteiger partial charge in [-0.3, -0.25) is 14.5 Å². The van der Waals surface area contributed by atoms with Gasteiger partial charge in [0.1, 0.15) is 23.3 Å². The highest BCUT2D eigenvalue weighted by Crippen LogP contribution is 2.39. The molecule has 1 saturated heterocycles. The number of hydrogen-bond donors (Lipinski definition) is 2. The first kappa shape index (κ1) is 27.6. The van der Waals surface area contributed by atoms with E-state index in [2.05, 4.69) is 37.3 Å². The van der Waals surface area contributed by atoms with Crippen LogP contribution in [-0.4, -0.2) is 78.6 Å². The van der Waals surface area contributed by atoms with Gasteiger partial charge in [-0.15, -0.1) is 5.92 Å². The lowest BCUT2D eigenvalue weighted by Gasteiger charge is -2.46. The lowest BCUT2D eigenvalue weighted by molar-refractivity contribution is -0.120. The van der Waals surface area contributed by atoms with Crippen LogP contribution >= 0.6 is 0 Å². The number of hydrogen-bond acceptors (Lipinski definition) is 8. The minimum atomic E-state index is -0.670. The van der Waals surface area contributed by atoms with E-state index in [0.29, 0.717) is 29.4 Å². The molecule has 3 heterocycles. The molecule has 1 aromatic carbocycles. The second-order valence-corrected chi connectivity index (χ2v) is 10.5. The van der Waals surface area contributed by atoms with E-state index in [0.717, 1.165) is 45.3 Å². The molecule has 1 atom stereocenters. The number of methoxy groups -OCH3 is 1. The fourth-order valence-electron chi connectivity index (χ4n) is 5.41. The van der Waals surface area contributed by atoms with Crippen molar-refractivity contribution in [1.29, 1.82) is 0 Å². The van der Waals surface area contributed by atoms with E-state index in [4.69, 9.17) is 9.72 Å². The van der Waals surface area contributed by atoms with Gasteiger partial charge in [-0.2, -0.15) is 4.98 Å². The van der Waals surface area contributed by atoms with Crippen molar-refractivity contribution < 1.29 is 18.7 Å². The molecule has 2 aliphatic heterocycles. The molecular weight excluding hydrogens is 513 g/mol. The van der Waals surface area contributed by atoms with Crippen LogP contribution in [0.2, 0.25) is 0 Å². The highest BCUT2D eigenvalue weighted by atomic mass is 19.1. The summed E-state index contributed by atoms with van der Waals surface area (Å²) in [4.78, 5) is 41.2. The summed E-state index contributed by atoms with van der Waals surface area (Å²) in [5.41, 5.74) is 0.853. The molecule has 5 rings (SSSR count). The summed E-state index contributed by atoms with van der Waals surface area (Å²) in [5, 5.41) is 5.88. The summed E-state index contributed by atoms with van der Waals surface area (Å²) in [6.45, 7) is 6.38. The molecule has 2 aromatic rings. The van der Waals surface area contributed by atoms with Gasteiger partial charge in [0.25, 0.3) is 5.91 Å². The average molecular weight is 550 g/mol. The molecule has 40 heavy (non-hydrogen) atoms. The molecule has 212 valence electrons. The van der Waals surface area contributed by atoms with Gasteiger partial charge in [0.2, 0.25) is 11.9 Å². The minimum Gasteiger partial charge on any atom is -0.495 e. The number of amides is 2. The zero-order valence-corrected chi connectivity index (χ0v) is 23.5. The Hall–Kier alpha value is -3.91. The van der Waals surface area contributed by atoms with E-state index in [-0.39, 0.29) is 35.5 Å². The first-order chi connectivity index (χ1) is 19.3. The Morgan fingerprint density at radius 2 is 1.98 bits per heavy atom. The first-order valence-corrected chi connectivity index (χ1v) is 13.8. The van der Waals surface area contributed by atoms with Crippen molar-refractivity contribution in [2.45, 2.75) is 64.1 Å². The number of nitrogens with zero attached hydrogens (tertiary/aromatic N) is 5. The van der Waals surface area contributed by atoms with Crippen LogP contribution in [0.25, 0.3) is 0 Å². The molecule has 0 bridgehead atoms. The number of halogens is 1. The van der Waals surface area contributed by atoms with E-state index in [1.165, 1.54) is 19.2 Å². The number of ether oxygens (including phenoxy) is 1. The number of carbonyl (C=O) groups excluding carboxylic acids is 2. The number of piperidine rings is 1. The van der Waals surface area contributed by atoms with Gasteiger partial charge in [0.15, 0.2) is 5.82 Å². The van der Waals surface area contributed by atoms with E-state index in [9.17, 15) is 9.59 Å². The molecular formula is C29H36FN7O3.